The highest BCUT2D eigenvalue weighted by Crippen LogP contribution is 2.30. The first-order chi connectivity index (χ1) is 14.5. The van der Waals surface area contributed by atoms with Crippen molar-refractivity contribution in [2.45, 2.75) is 6.92 Å². The molecule has 0 aliphatic heterocycles. The number of ether oxygens (including phenoxy) is 1. The molecule has 5 nitrogen and oxygen atoms in total. The lowest BCUT2D eigenvalue weighted by molar-refractivity contribution is -0.118. The molecule has 1 heterocycles. The van der Waals surface area contributed by atoms with Crippen molar-refractivity contribution < 1.29 is 13.9 Å². The molecule has 0 unspecified atom stereocenters. The zero-order valence-electron chi connectivity index (χ0n) is 16.1. The maximum Gasteiger partial charge on any atom is 0.344 e. The topological polar surface area (TPSA) is 68.5 Å². The van der Waals surface area contributed by atoms with Crippen molar-refractivity contribution in [2.24, 2.45) is 0 Å². The maximum absolute atomic E-state index is 12.4. The number of anilines is 1. The number of benzene rings is 3. The molecule has 0 aliphatic rings. The number of rotatable bonds is 5. The van der Waals surface area contributed by atoms with Crippen LogP contribution in [0.1, 0.15) is 5.56 Å². The number of fused-ring (bicyclic) bond motifs is 1. The number of hydrogen-bond acceptors (Lipinski definition) is 4. The molecule has 3 aromatic carbocycles. The van der Waals surface area contributed by atoms with Gasteiger partial charge in [-0.1, -0.05) is 53.6 Å². The number of halogens is 1. The minimum atomic E-state index is -0.473. The number of nitrogens with one attached hydrogen (secondary N) is 1. The Morgan fingerprint density at radius 2 is 1.77 bits per heavy atom. The highest BCUT2D eigenvalue weighted by Gasteiger charge is 2.13. The summed E-state index contributed by atoms with van der Waals surface area (Å²) in [5.74, 6) is 0.303. The number of carbonyl (C=O) groups is 1. The zero-order valence-corrected chi connectivity index (χ0v) is 16.9. The third-order valence-electron chi connectivity index (χ3n) is 4.58. The SMILES string of the molecule is Cc1ccc(OCC(=O)Nc2ccc(-c3cc4ccccc4oc3=O)c(Cl)c2)cc1. The van der Waals surface area contributed by atoms with E-state index in [-0.39, 0.29) is 12.5 Å². The van der Waals surface area contributed by atoms with Crippen LogP contribution in [0.4, 0.5) is 5.69 Å². The highest BCUT2D eigenvalue weighted by molar-refractivity contribution is 6.33. The van der Waals surface area contributed by atoms with Crippen LogP contribution < -0.4 is 15.7 Å². The van der Waals surface area contributed by atoms with Crippen LogP contribution in [0.2, 0.25) is 5.02 Å². The second-order valence-electron chi connectivity index (χ2n) is 6.83. The molecule has 0 atom stereocenters. The van der Waals surface area contributed by atoms with Crippen LogP contribution in [0.3, 0.4) is 0 Å². The van der Waals surface area contributed by atoms with Crippen LogP contribution in [0, 0.1) is 6.92 Å². The van der Waals surface area contributed by atoms with Crippen molar-refractivity contribution in [3.05, 3.63) is 93.8 Å². The van der Waals surface area contributed by atoms with E-state index in [1.165, 1.54) is 0 Å². The number of amides is 1. The Labute approximate surface area is 177 Å². The summed E-state index contributed by atoms with van der Waals surface area (Å²) < 4.78 is 10.9. The molecule has 0 bridgehead atoms. The molecule has 0 radical (unpaired) electrons. The molecule has 0 aliphatic carbocycles. The summed E-state index contributed by atoms with van der Waals surface area (Å²) in [4.78, 5) is 24.6. The Morgan fingerprint density at radius 3 is 2.53 bits per heavy atom. The first-order valence-corrected chi connectivity index (χ1v) is 9.69. The van der Waals surface area contributed by atoms with E-state index >= 15 is 0 Å². The van der Waals surface area contributed by atoms with Gasteiger partial charge in [-0.25, -0.2) is 4.79 Å². The van der Waals surface area contributed by atoms with Gasteiger partial charge in [-0.15, -0.1) is 0 Å². The van der Waals surface area contributed by atoms with Crippen LogP contribution >= 0.6 is 11.6 Å². The number of aryl methyl sites for hydroxylation is 1. The van der Waals surface area contributed by atoms with Gasteiger partial charge in [0.15, 0.2) is 6.61 Å². The molecule has 0 fully saturated rings. The van der Waals surface area contributed by atoms with Crippen LogP contribution in [0.5, 0.6) is 5.75 Å². The summed E-state index contributed by atoms with van der Waals surface area (Å²) in [5, 5.41) is 3.87. The quantitative estimate of drug-likeness (QED) is 0.437. The first kappa shape index (κ1) is 19.7. The van der Waals surface area contributed by atoms with E-state index < -0.39 is 5.63 Å². The lowest BCUT2D eigenvalue weighted by atomic mass is 10.1. The van der Waals surface area contributed by atoms with E-state index in [4.69, 9.17) is 20.8 Å². The molecule has 0 saturated heterocycles. The van der Waals surface area contributed by atoms with Crippen LogP contribution in [0.25, 0.3) is 22.1 Å². The van der Waals surface area contributed by atoms with Crippen molar-refractivity contribution in [1.29, 1.82) is 0 Å². The molecule has 1 aromatic heterocycles. The van der Waals surface area contributed by atoms with Gasteiger partial charge >= 0.3 is 5.63 Å². The molecule has 30 heavy (non-hydrogen) atoms. The van der Waals surface area contributed by atoms with Gasteiger partial charge in [-0.05, 0) is 43.3 Å². The second kappa shape index (κ2) is 8.43. The predicted octanol–water partition coefficient (Wildman–Crippen LogP) is 5.44. The summed E-state index contributed by atoms with van der Waals surface area (Å²) in [5.41, 5.74) is 2.55. The molecule has 4 rings (SSSR count). The van der Waals surface area contributed by atoms with E-state index in [0.717, 1.165) is 10.9 Å². The highest BCUT2D eigenvalue weighted by atomic mass is 35.5. The van der Waals surface area contributed by atoms with Gasteiger partial charge in [-0.3, -0.25) is 4.79 Å². The average Bonchev–Trinajstić information content (AvgIpc) is 2.73. The third kappa shape index (κ3) is 4.36. The zero-order chi connectivity index (χ0) is 21.1. The van der Waals surface area contributed by atoms with E-state index in [9.17, 15) is 9.59 Å². The third-order valence-corrected chi connectivity index (χ3v) is 4.89. The fraction of sp³-hybridized carbons (Fsp3) is 0.0833. The van der Waals surface area contributed by atoms with E-state index in [2.05, 4.69) is 5.32 Å². The van der Waals surface area contributed by atoms with E-state index in [1.807, 2.05) is 43.3 Å². The molecule has 1 N–H and O–H groups in total. The fourth-order valence-electron chi connectivity index (χ4n) is 3.04. The lowest BCUT2D eigenvalue weighted by Gasteiger charge is -2.10. The van der Waals surface area contributed by atoms with Gasteiger partial charge in [0.1, 0.15) is 11.3 Å². The minimum absolute atomic E-state index is 0.128. The van der Waals surface area contributed by atoms with Crippen LogP contribution in [0.15, 0.2) is 82.0 Å². The largest absolute Gasteiger partial charge is 0.484 e. The van der Waals surface area contributed by atoms with E-state index in [1.54, 1.807) is 36.4 Å². The Hall–Kier alpha value is -3.57. The van der Waals surface area contributed by atoms with Crippen LogP contribution in [-0.2, 0) is 4.79 Å². The Morgan fingerprint density at radius 1 is 1.00 bits per heavy atom. The van der Waals surface area contributed by atoms with Crippen molar-refractivity contribution in [3.63, 3.8) is 0 Å². The fourth-order valence-corrected chi connectivity index (χ4v) is 3.32. The van der Waals surface area contributed by atoms with Gasteiger partial charge in [0.05, 0.1) is 10.6 Å². The van der Waals surface area contributed by atoms with Gasteiger partial charge < -0.3 is 14.5 Å². The number of carbonyl (C=O) groups excluding carboxylic acids is 1. The van der Waals surface area contributed by atoms with Crippen molar-refractivity contribution in [1.82, 2.24) is 0 Å². The molecular weight excluding hydrogens is 402 g/mol. The molecule has 0 spiro atoms. The Bertz CT molecular complexity index is 1280. The van der Waals surface area contributed by atoms with Gasteiger partial charge in [0, 0.05) is 16.6 Å². The summed E-state index contributed by atoms with van der Waals surface area (Å²) >= 11 is 6.40. The lowest BCUT2D eigenvalue weighted by Crippen LogP contribution is -2.20. The average molecular weight is 420 g/mol. The Balaban J connectivity index is 1.49. The molecule has 150 valence electrons. The summed E-state index contributed by atoms with van der Waals surface area (Å²) in [6.45, 7) is 1.85. The van der Waals surface area contributed by atoms with E-state index in [0.29, 0.717) is 33.2 Å². The monoisotopic (exact) mass is 419 g/mol. The molecule has 1 amide bonds. The number of para-hydroxylation sites is 1. The predicted molar refractivity (Wildman–Crippen MR) is 118 cm³/mol. The summed E-state index contributed by atoms with van der Waals surface area (Å²) in [6, 6.07) is 21.4. The van der Waals surface area contributed by atoms with Crippen molar-refractivity contribution >= 4 is 34.2 Å². The molecule has 0 saturated carbocycles. The summed E-state index contributed by atoms with van der Waals surface area (Å²) in [6.07, 6.45) is 0. The Kier molecular flexibility index (Phi) is 5.55. The first-order valence-electron chi connectivity index (χ1n) is 9.32. The smallest absolute Gasteiger partial charge is 0.344 e. The normalized spacial score (nSPS) is 10.7. The summed E-state index contributed by atoms with van der Waals surface area (Å²) in [7, 11) is 0. The van der Waals surface area contributed by atoms with Crippen molar-refractivity contribution in [2.75, 3.05) is 11.9 Å². The molecule has 6 heteroatoms. The maximum atomic E-state index is 12.4. The van der Waals surface area contributed by atoms with Gasteiger partial charge in [0.25, 0.3) is 5.91 Å². The minimum Gasteiger partial charge on any atom is -0.484 e. The standard InChI is InChI=1S/C24H18ClNO4/c1-15-6-9-18(10-7-15)29-14-23(27)26-17-8-11-19(21(25)13-17)20-12-16-4-2-3-5-22(16)30-24(20)28/h2-13H,14H2,1H3,(H,26,27). The van der Waals surface area contributed by atoms with Crippen LogP contribution in [-0.4, -0.2) is 12.5 Å². The molecular formula is C24H18ClNO4. The number of hydrogen-bond donors (Lipinski definition) is 1. The second-order valence-corrected chi connectivity index (χ2v) is 7.24. The van der Waals surface area contributed by atoms with Gasteiger partial charge in [0.2, 0.25) is 0 Å². The van der Waals surface area contributed by atoms with Gasteiger partial charge in [-0.2, -0.15) is 0 Å². The molecule has 4 aromatic rings. The van der Waals surface area contributed by atoms with Crippen molar-refractivity contribution in [3.8, 4) is 16.9 Å².